The number of carbonyl (C=O) groups is 1. The first-order valence-corrected chi connectivity index (χ1v) is 6.14. The summed E-state index contributed by atoms with van der Waals surface area (Å²) >= 11 is 0. The Morgan fingerprint density at radius 3 is 2.67 bits per heavy atom. The summed E-state index contributed by atoms with van der Waals surface area (Å²) < 4.78 is 5.73. The van der Waals surface area contributed by atoms with E-state index in [-0.39, 0.29) is 12.5 Å². The molecule has 0 atom stereocenters. The Morgan fingerprint density at radius 1 is 1.39 bits per heavy atom. The number of carboxylic acid groups (broad SMARTS) is 1. The van der Waals surface area contributed by atoms with E-state index in [4.69, 9.17) is 9.84 Å². The molecule has 0 aliphatic carbocycles. The number of ether oxygens (including phenoxy) is 1. The highest BCUT2D eigenvalue weighted by molar-refractivity contribution is 5.66. The Balaban J connectivity index is 2.62. The van der Waals surface area contributed by atoms with Crippen molar-refractivity contribution in [1.29, 1.82) is 0 Å². The van der Waals surface area contributed by atoms with E-state index in [0.717, 1.165) is 11.3 Å². The van der Waals surface area contributed by atoms with Gasteiger partial charge >= 0.3 is 5.97 Å². The molecule has 0 saturated carbocycles. The van der Waals surface area contributed by atoms with Crippen LogP contribution in [0.3, 0.4) is 0 Å². The zero-order valence-electron chi connectivity index (χ0n) is 11.2. The van der Waals surface area contributed by atoms with Crippen LogP contribution in [0.25, 0.3) is 0 Å². The van der Waals surface area contributed by atoms with Crippen molar-refractivity contribution in [3.63, 3.8) is 0 Å². The topological polar surface area (TPSA) is 49.8 Å². The fourth-order valence-electron chi connectivity index (χ4n) is 1.66. The van der Waals surface area contributed by atoms with Gasteiger partial charge in [0.1, 0.15) is 5.75 Å². The van der Waals surface area contributed by atoms with Crippen LogP contribution in [0.5, 0.6) is 5.75 Å². The fraction of sp³-hybridized carbons (Fsp3) is 0.500. The number of benzene rings is 1. The molecule has 4 nitrogen and oxygen atoms in total. The van der Waals surface area contributed by atoms with Crippen LogP contribution >= 0.6 is 0 Å². The average Bonchev–Trinajstić information content (AvgIpc) is 2.28. The second-order valence-electron chi connectivity index (χ2n) is 4.66. The van der Waals surface area contributed by atoms with E-state index < -0.39 is 5.97 Å². The molecule has 0 heterocycles. The largest absolute Gasteiger partial charge is 0.491 e. The third-order valence-electron chi connectivity index (χ3n) is 2.48. The lowest BCUT2D eigenvalue weighted by Crippen LogP contribution is -2.22. The molecule has 4 heteroatoms. The van der Waals surface area contributed by atoms with Crippen molar-refractivity contribution >= 4 is 5.97 Å². The lowest BCUT2D eigenvalue weighted by molar-refractivity contribution is -0.137. The molecule has 0 spiro atoms. The minimum atomic E-state index is -0.770. The summed E-state index contributed by atoms with van der Waals surface area (Å²) in [7, 11) is 1.91. The van der Waals surface area contributed by atoms with Gasteiger partial charge in [-0.25, -0.2) is 0 Å². The molecule has 0 radical (unpaired) electrons. The number of rotatable bonds is 7. The van der Waals surface area contributed by atoms with Crippen molar-refractivity contribution < 1.29 is 14.6 Å². The van der Waals surface area contributed by atoms with Crippen molar-refractivity contribution in [2.24, 2.45) is 0 Å². The predicted octanol–water partition coefficient (Wildman–Crippen LogP) is 2.38. The molecule has 1 rings (SSSR count). The van der Waals surface area contributed by atoms with E-state index >= 15 is 0 Å². The molecule has 0 saturated heterocycles. The van der Waals surface area contributed by atoms with Crippen LogP contribution in [-0.4, -0.2) is 35.7 Å². The van der Waals surface area contributed by atoms with Crippen LogP contribution in [0.4, 0.5) is 0 Å². The molecule has 0 fully saturated rings. The third-order valence-corrected chi connectivity index (χ3v) is 2.48. The molecular weight excluding hydrogens is 230 g/mol. The molecule has 100 valence electrons. The number of nitrogens with zero attached hydrogens (tertiary/aromatic N) is 1. The van der Waals surface area contributed by atoms with Gasteiger partial charge in [0, 0.05) is 18.7 Å². The first-order chi connectivity index (χ1) is 8.49. The summed E-state index contributed by atoms with van der Waals surface area (Å²) in [5.74, 6) is 0.100. The average molecular weight is 251 g/mol. The standard InChI is InChI=1S/C14H21NO3/c1-11(2)18-13-7-5-4-6-12(13)10-15(3)9-8-14(16)17/h4-7,11H,8-10H2,1-3H3,(H,16,17). The van der Waals surface area contributed by atoms with Gasteiger partial charge in [-0.2, -0.15) is 0 Å². The lowest BCUT2D eigenvalue weighted by Gasteiger charge is -2.19. The molecule has 0 unspecified atom stereocenters. The summed E-state index contributed by atoms with van der Waals surface area (Å²) in [6.07, 6.45) is 0.291. The number of hydrogen-bond acceptors (Lipinski definition) is 3. The van der Waals surface area contributed by atoms with Crippen molar-refractivity contribution in [3.8, 4) is 5.75 Å². The van der Waals surface area contributed by atoms with Crippen molar-refractivity contribution in [1.82, 2.24) is 4.90 Å². The van der Waals surface area contributed by atoms with Gasteiger partial charge in [0.05, 0.1) is 12.5 Å². The second kappa shape index (κ2) is 7.01. The van der Waals surface area contributed by atoms with Gasteiger partial charge in [-0.3, -0.25) is 4.79 Å². The minimum absolute atomic E-state index is 0.135. The number of carboxylic acids is 1. The molecule has 1 aromatic rings. The molecule has 0 aromatic heterocycles. The summed E-state index contributed by atoms with van der Waals surface area (Å²) in [5, 5.41) is 8.65. The van der Waals surface area contributed by atoms with Gasteiger partial charge in [0.25, 0.3) is 0 Å². The Hall–Kier alpha value is -1.55. The van der Waals surface area contributed by atoms with Gasteiger partial charge in [0.2, 0.25) is 0 Å². The van der Waals surface area contributed by atoms with Crippen LogP contribution in [0.1, 0.15) is 25.8 Å². The Labute approximate surface area is 108 Å². The van der Waals surface area contributed by atoms with Crippen LogP contribution in [0, 0.1) is 0 Å². The zero-order chi connectivity index (χ0) is 13.5. The maximum atomic E-state index is 10.5. The normalized spacial score (nSPS) is 10.9. The SMILES string of the molecule is CC(C)Oc1ccccc1CN(C)CCC(=O)O. The van der Waals surface area contributed by atoms with Crippen LogP contribution < -0.4 is 4.74 Å². The Bertz CT molecular complexity index is 390. The van der Waals surface area contributed by atoms with E-state index in [2.05, 4.69) is 0 Å². The molecule has 18 heavy (non-hydrogen) atoms. The van der Waals surface area contributed by atoms with E-state index in [1.165, 1.54) is 0 Å². The molecule has 1 aromatic carbocycles. The second-order valence-corrected chi connectivity index (χ2v) is 4.66. The number of hydrogen-bond donors (Lipinski definition) is 1. The smallest absolute Gasteiger partial charge is 0.304 e. The zero-order valence-corrected chi connectivity index (χ0v) is 11.2. The van der Waals surface area contributed by atoms with Gasteiger partial charge in [0.15, 0.2) is 0 Å². The van der Waals surface area contributed by atoms with Gasteiger partial charge in [-0.15, -0.1) is 0 Å². The predicted molar refractivity (Wildman–Crippen MR) is 70.8 cm³/mol. The molecular formula is C14H21NO3. The van der Waals surface area contributed by atoms with Crippen molar-refractivity contribution in [2.45, 2.75) is 32.9 Å². The molecule has 0 aliphatic rings. The minimum Gasteiger partial charge on any atom is -0.491 e. The lowest BCUT2D eigenvalue weighted by atomic mass is 10.2. The quantitative estimate of drug-likeness (QED) is 0.808. The highest BCUT2D eigenvalue weighted by atomic mass is 16.5. The monoisotopic (exact) mass is 251 g/mol. The number of aliphatic carboxylic acids is 1. The summed E-state index contributed by atoms with van der Waals surface area (Å²) in [4.78, 5) is 12.5. The van der Waals surface area contributed by atoms with Crippen LogP contribution in [0.2, 0.25) is 0 Å². The van der Waals surface area contributed by atoms with Crippen LogP contribution in [-0.2, 0) is 11.3 Å². The molecule has 0 amide bonds. The fourth-order valence-corrected chi connectivity index (χ4v) is 1.66. The first-order valence-electron chi connectivity index (χ1n) is 6.14. The number of para-hydroxylation sites is 1. The van der Waals surface area contributed by atoms with Gasteiger partial charge in [-0.05, 0) is 27.0 Å². The first kappa shape index (κ1) is 14.5. The maximum Gasteiger partial charge on any atom is 0.304 e. The molecule has 0 aliphatic heterocycles. The highest BCUT2D eigenvalue weighted by Crippen LogP contribution is 2.20. The third kappa shape index (κ3) is 5.19. The van der Waals surface area contributed by atoms with E-state index in [1.54, 1.807) is 0 Å². The van der Waals surface area contributed by atoms with E-state index in [0.29, 0.717) is 13.1 Å². The van der Waals surface area contributed by atoms with E-state index in [9.17, 15) is 4.79 Å². The summed E-state index contributed by atoms with van der Waals surface area (Å²) in [6, 6.07) is 7.86. The van der Waals surface area contributed by atoms with Crippen LogP contribution in [0.15, 0.2) is 24.3 Å². The van der Waals surface area contributed by atoms with Gasteiger partial charge in [-0.1, -0.05) is 18.2 Å². The maximum absolute atomic E-state index is 10.5. The van der Waals surface area contributed by atoms with Gasteiger partial charge < -0.3 is 14.7 Å². The summed E-state index contributed by atoms with van der Waals surface area (Å²) in [6.45, 7) is 5.21. The Morgan fingerprint density at radius 2 is 2.06 bits per heavy atom. The van der Waals surface area contributed by atoms with E-state index in [1.807, 2.05) is 50.1 Å². The van der Waals surface area contributed by atoms with Crippen molar-refractivity contribution in [2.75, 3.05) is 13.6 Å². The highest BCUT2D eigenvalue weighted by Gasteiger charge is 2.08. The van der Waals surface area contributed by atoms with Crippen molar-refractivity contribution in [3.05, 3.63) is 29.8 Å². The summed E-state index contributed by atoms with van der Waals surface area (Å²) in [5.41, 5.74) is 1.08. The Kier molecular flexibility index (Phi) is 5.65. The molecule has 1 N–H and O–H groups in total. The molecule has 0 bridgehead atoms.